The molecule has 3 aromatic carbocycles. The summed E-state index contributed by atoms with van der Waals surface area (Å²) in [7, 11) is 0. The lowest BCUT2D eigenvalue weighted by Crippen LogP contribution is -2.25. The van der Waals surface area contributed by atoms with Crippen molar-refractivity contribution >= 4 is 11.5 Å². The molecule has 3 aromatic rings. The number of benzene rings is 3. The summed E-state index contributed by atoms with van der Waals surface area (Å²) in [5.74, 6) is 0.682. The van der Waals surface area contributed by atoms with Crippen molar-refractivity contribution in [3.8, 4) is 0 Å². The lowest BCUT2D eigenvalue weighted by atomic mass is 10.1. The lowest BCUT2D eigenvalue weighted by molar-refractivity contribution is 0.251. The fraction of sp³-hybridized carbons (Fsp3) is 0.192. The zero-order valence-electron chi connectivity index (χ0n) is 16.7. The molecule has 150 valence electrons. The van der Waals surface area contributed by atoms with Crippen LogP contribution in [0.25, 0.3) is 5.57 Å². The molecule has 4 nitrogen and oxygen atoms in total. The zero-order chi connectivity index (χ0) is 20.3. The molecule has 0 radical (unpaired) electrons. The molecule has 5 rings (SSSR count). The van der Waals surface area contributed by atoms with E-state index in [4.69, 9.17) is 9.73 Å². The summed E-state index contributed by atoms with van der Waals surface area (Å²) in [5.41, 5.74) is 6.67. The molecule has 0 fully saturated rings. The quantitative estimate of drug-likeness (QED) is 0.647. The van der Waals surface area contributed by atoms with Crippen LogP contribution in [0, 0.1) is 0 Å². The van der Waals surface area contributed by atoms with Gasteiger partial charge in [0.05, 0.1) is 18.2 Å². The maximum absolute atomic E-state index is 10.1. The average molecular weight is 396 g/mol. The summed E-state index contributed by atoms with van der Waals surface area (Å²) in [6, 6.07) is 28.5. The summed E-state index contributed by atoms with van der Waals surface area (Å²) in [6.45, 7) is 0.553. The van der Waals surface area contributed by atoms with Crippen molar-refractivity contribution in [2.24, 2.45) is 4.99 Å². The van der Waals surface area contributed by atoms with Gasteiger partial charge in [-0.3, -0.25) is 0 Å². The summed E-state index contributed by atoms with van der Waals surface area (Å²) in [4.78, 5) is 4.93. The number of fused-ring (bicyclic) bond motifs is 1. The number of rotatable bonds is 6. The van der Waals surface area contributed by atoms with Crippen LogP contribution >= 0.6 is 0 Å². The molecule has 0 bridgehead atoms. The van der Waals surface area contributed by atoms with E-state index < -0.39 is 0 Å². The van der Waals surface area contributed by atoms with E-state index in [1.54, 1.807) is 0 Å². The highest BCUT2D eigenvalue weighted by Crippen LogP contribution is 2.37. The maximum Gasteiger partial charge on any atom is 0.219 e. The Morgan fingerprint density at radius 1 is 0.933 bits per heavy atom. The number of hydrogen-bond donors (Lipinski definition) is 2. The first kappa shape index (κ1) is 18.6. The van der Waals surface area contributed by atoms with Crippen molar-refractivity contribution < 1.29 is 9.84 Å². The highest BCUT2D eigenvalue weighted by molar-refractivity contribution is 6.22. The van der Waals surface area contributed by atoms with Crippen molar-refractivity contribution in [2.75, 3.05) is 13.2 Å². The van der Waals surface area contributed by atoms with Gasteiger partial charge in [0, 0.05) is 12.1 Å². The van der Waals surface area contributed by atoms with Gasteiger partial charge >= 0.3 is 0 Å². The van der Waals surface area contributed by atoms with Crippen LogP contribution in [0.3, 0.4) is 0 Å². The zero-order valence-corrected chi connectivity index (χ0v) is 16.7. The Kier molecular flexibility index (Phi) is 5.08. The van der Waals surface area contributed by atoms with Crippen LogP contribution in [-0.4, -0.2) is 24.2 Å². The summed E-state index contributed by atoms with van der Waals surface area (Å²) >= 11 is 0. The highest BCUT2D eigenvalue weighted by atomic mass is 16.5. The number of aliphatic imine (C=N–C) groups is 1. The Bertz CT molecular complexity index is 1090. The Hall–Kier alpha value is -3.37. The van der Waals surface area contributed by atoms with Gasteiger partial charge < -0.3 is 15.2 Å². The van der Waals surface area contributed by atoms with E-state index in [1.165, 1.54) is 5.56 Å². The topological polar surface area (TPSA) is 53.8 Å². The fourth-order valence-corrected chi connectivity index (χ4v) is 4.21. The summed E-state index contributed by atoms with van der Waals surface area (Å²) in [6.07, 6.45) is 0.771. The number of aliphatic hydroxyl groups is 1. The standard InChI is InChI=1S/C26H24N2O2/c29-16-23(18-9-3-1-4-10-18)27-22-15-20-13-7-8-14-21(20)25(22)26-28-24(17-30-26)19-11-5-2-6-12-19/h1-14,23-24,27,29H,15-17H2/t23-,24-/m1/s1. The minimum Gasteiger partial charge on any atom is -0.475 e. The predicted molar refractivity (Wildman–Crippen MR) is 119 cm³/mol. The van der Waals surface area contributed by atoms with Crippen LogP contribution < -0.4 is 5.32 Å². The fourth-order valence-electron chi connectivity index (χ4n) is 4.21. The monoisotopic (exact) mass is 396 g/mol. The Labute approximate surface area is 176 Å². The summed E-state index contributed by atoms with van der Waals surface area (Å²) in [5, 5.41) is 13.6. The van der Waals surface area contributed by atoms with Crippen LogP contribution in [0.15, 0.2) is 95.6 Å². The van der Waals surface area contributed by atoms with Crippen molar-refractivity contribution in [1.82, 2.24) is 5.32 Å². The SMILES string of the molecule is OC[C@@H](NC1=C(C2=N[C@@H](c3ccccc3)CO2)c2ccccc2C1)c1ccccc1. The predicted octanol–water partition coefficient (Wildman–Crippen LogP) is 4.45. The molecule has 2 N–H and O–H groups in total. The van der Waals surface area contributed by atoms with Crippen molar-refractivity contribution in [3.05, 3.63) is 113 Å². The first-order valence-corrected chi connectivity index (χ1v) is 10.3. The number of hydrogen-bond acceptors (Lipinski definition) is 4. The molecule has 1 heterocycles. The van der Waals surface area contributed by atoms with E-state index in [0.29, 0.717) is 12.5 Å². The molecule has 2 atom stereocenters. The normalized spacial score (nSPS) is 18.6. The molecular formula is C26H24N2O2. The van der Waals surface area contributed by atoms with Crippen molar-refractivity contribution in [2.45, 2.75) is 18.5 Å². The number of nitrogens with one attached hydrogen (secondary N) is 1. The number of nitrogens with zero attached hydrogens (tertiary/aromatic N) is 1. The molecule has 0 aromatic heterocycles. The average Bonchev–Trinajstić information content (AvgIpc) is 3.43. The Morgan fingerprint density at radius 3 is 2.40 bits per heavy atom. The van der Waals surface area contributed by atoms with Crippen LogP contribution in [0.2, 0.25) is 0 Å². The number of allylic oxidation sites excluding steroid dienone is 1. The molecular weight excluding hydrogens is 372 g/mol. The lowest BCUT2D eigenvalue weighted by Gasteiger charge is -2.20. The molecule has 0 saturated heterocycles. The van der Waals surface area contributed by atoms with Crippen molar-refractivity contribution in [3.63, 3.8) is 0 Å². The van der Waals surface area contributed by atoms with E-state index in [2.05, 4.69) is 35.6 Å². The second-order valence-electron chi connectivity index (χ2n) is 7.65. The van der Waals surface area contributed by atoms with Gasteiger partial charge in [0.2, 0.25) is 5.90 Å². The molecule has 30 heavy (non-hydrogen) atoms. The second kappa shape index (κ2) is 8.17. The van der Waals surface area contributed by atoms with E-state index in [1.807, 2.05) is 54.6 Å². The van der Waals surface area contributed by atoms with E-state index in [-0.39, 0.29) is 18.7 Å². The van der Waals surface area contributed by atoms with Crippen LogP contribution in [0.1, 0.15) is 34.3 Å². The Morgan fingerprint density at radius 2 is 1.63 bits per heavy atom. The third-order valence-corrected chi connectivity index (χ3v) is 5.74. The molecule has 1 aliphatic carbocycles. The highest BCUT2D eigenvalue weighted by Gasteiger charge is 2.31. The van der Waals surface area contributed by atoms with Crippen LogP contribution in [0.4, 0.5) is 0 Å². The largest absolute Gasteiger partial charge is 0.475 e. The first-order chi connectivity index (χ1) is 14.8. The van der Waals surface area contributed by atoms with Crippen LogP contribution in [0.5, 0.6) is 0 Å². The molecule has 4 heteroatoms. The van der Waals surface area contributed by atoms with Gasteiger partial charge in [-0.1, -0.05) is 84.9 Å². The molecule has 2 aliphatic rings. The van der Waals surface area contributed by atoms with Gasteiger partial charge in [0.15, 0.2) is 0 Å². The number of aliphatic hydroxyl groups excluding tert-OH is 1. The molecule has 1 aliphatic heterocycles. The minimum atomic E-state index is -0.183. The number of ether oxygens (including phenoxy) is 1. The van der Waals surface area contributed by atoms with Gasteiger partial charge in [-0.05, 0) is 22.3 Å². The Balaban J connectivity index is 1.51. The van der Waals surface area contributed by atoms with E-state index >= 15 is 0 Å². The van der Waals surface area contributed by atoms with E-state index in [0.717, 1.165) is 34.4 Å². The third kappa shape index (κ3) is 3.51. The molecule has 0 unspecified atom stereocenters. The molecule has 0 amide bonds. The van der Waals surface area contributed by atoms with Gasteiger partial charge in [-0.2, -0.15) is 0 Å². The van der Waals surface area contributed by atoms with Crippen LogP contribution in [-0.2, 0) is 11.2 Å². The second-order valence-corrected chi connectivity index (χ2v) is 7.65. The van der Waals surface area contributed by atoms with Gasteiger partial charge in [-0.15, -0.1) is 0 Å². The minimum absolute atomic E-state index is 0.00507. The summed E-state index contributed by atoms with van der Waals surface area (Å²) < 4.78 is 6.10. The van der Waals surface area contributed by atoms with Crippen molar-refractivity contribution in [1.29, 1.82) is 0 Å². The maximum atomic E-state index is 10.1. The van der Waals surface area contributed by atoms with Gasteiger partial charge in [0.25, 0.3) is 0 Å². The van der Waals surface area contributed by atoms with Gasteiger partial charge in [-0.25, -0.2) is 4.99 Å². The third-order valence-electron chi connectivity index (χ3n) is 5.74. The first-order valence-electron chi connectivity index (χ1n) is 10.3. The smallest absolute Gasteiger partial charge is 0.219 e. The van der Waals surface area contributed by atoms with Gasteiger partial charge in [0.1, 0.15) is 12.6 Å². The molecule has 0 spiro atoms. The van der Waals surface area contributed by atoms with E-state index in [9.17, 15) is 5.11 Å². The molecule has 0 saturated carbocycles.